The number of hydrogen-bond donors (Lipinski definition) is 4. The van der Waals surface area contributed by atoms with Crippen LogP contribution in [-0.4, -0.2) is 66.7 Å². The number of halogens is 1. The minimum atomic E-state index is -1.82. The monoisotopic (exact) mass is 356 g/mol. The summed E-state index contributed by atoms with van der Waals surface area (Å²) < 4.78 is 0. The number of carboxylic acid groups (broad SMARTS) is 2. The van der Waals surface area contributed by atoms with Crippen LogP contribution in [0.2, 0.25) is 5.02 Å². The summed E-state index contributed by atoms with van der Waals surface area (Å²) >= 11 is 5.88. The van der Waals surface area contributed by atoms with Gasteiger partial charge in [-0.1, -0.05) is 23.7 Å². The second-order valence-electron chi connectivity index (χ2n) is 5.27. The van der Waals surface area contributed by atoms with Crippen LogP contribution in [0.25, 0.3) is 0 Å². The zero-order chi connectivity index (χ0) is 18.1. The van der Waals surface area contributed by atoms with E-state index in [9.17, 15) is 0 Å². The Kier molecular flexibility index (Phi) is 8.00. The van der Waals surface area contributed by atoms with E-state index in [4.69, 9.17) is 31.4 Å². The summed E-state index contributed by atoms with van der Waals surface area (Å²) in [5.74, 6) is -2.76. The number of rotatable bonds is 4. The highest BCUT2D eigenvalue weighted by atomic mass is 35.5. The number of benzene rings is 1. The second kappa shape index (κ2) is 9.74. The number of aliphatic carboxylic acids is 2. The van der Waals surface area contributed by atoms with Crippen LogP contribution in [0.4, 0.5) is 0 Å². The quantitative estimate of drug-likeness (QED) is 0.585. The number of hydrogen-bond acceptors (Lipinski definition) is 6. The second-order valence-corrected chi connectivity index (χ2v) is 5.70. The smallest absolute Gasteiger partial charge is 0.414 e. The van der Waals surface area contributed by atoms with E-state index in [1.54, 1.807) is 0 Å². The third-order valence-electron chi connectivity index (χ3n) is 3.04. The Balaban J connectivity index is 0.000000413. The van der Waals surface area contributed by atoms with Crippen LogP contribution >= 0.6 is 11.6 Å². The Morgan fingerprint density at radius 3 is 2.38 bits per heavy atom. The van der Waals surface area contributed by atoms with Gasteiger partial charge in [0.25, 0.3) is 0 Å². The first-order chi connectivity index (χ1) is 11.3. The molecule has 8 nitrogen and oxygen atoms in total. The topological polar surface area (TPSA) is 114 Å². The van der Waals surface area contributed by atoms with Crippen molar-refractivity contribution in [1.29, 1.82) is 0 Å². The third-order valence-corrected chi connectivity index (χ3v) is 3.29. The Morgan fingerprint density at radius 2 is 1.88 bits per heavy atom. The van der Waals surface area contributed by atoms with Gasteiger partial charge < -0.3 is 25.7 Å². The molecule has 9 heteroatoms. The molecule has 1 aliphatic rings. The summed E-state index contributed by atoms with van der Waals surface area (Å²) in [6, 6.07) is 8.06. The van der Waals surface area contributed by atoms with Crippen molar-refractivity contribution in [3.8, 4) is 0 Å². The van der Waals surface area contributed by atoms with Gasteiger partial charge in [-0.15, -0.1) is 0 Å². The molecule has 1 heterocycles. The molecule has 132 valence electrons. The van der Waals surface area contributed by atoms with Gasteiger partial charge in [0.15, 0.2) is 5.96 Å². The molecular formula is C15H21ClN4O4. The van der Waals surface area contributed by atoms with E-state index >= 15 is 0 Å². The SMILES string of the molecule is CN(C)CCNC1=NC(c2ccc(Cl)cc2)CN1.O=C(O)C(=O)O. The summed E-state index contributed by atoms with van der Waals surface area (Å²) in [6.45, 7) is 2.73. The highest BCUT2D eigenvalue weighted by Crippen LogP contribution is 2.21. The standard InChI is InChI=1S/C13H19ClN4.C2H2O4/c1-18(2)8-7-15-13-16-9-12(17-13)10-3-5-11(14)6-4-10;3-1(4)2(5)6/h3-6,12H,7-9H2,1-2H3,(H2,15,16,17);(H,3,4)(H,5,6). The minimum Gasteiger partial charge on any atom is -0.473 e. The molecule has 24 heavy (non-hydrogen) atoms. The Hall–Kier alpha value is -2.32. The fraction of sp³-hybridized carbons (Fsp3) is 0.400. The van der Waals surface area contributed by atoms with E-state index in [1.165, 1.54) is 5.56 Å². The lowest BCUT2D eigenvalue weighted by Gasteiger charge is -2.10. The van der Waals surface area contributed by atoms with Crippen LogP contribution in [0.1, 0.15) is 11.6 Å². The van der Waals surface area contributed by atoms with Gasteiger partial charge in [0, 0.05) is 24.7 Å². The summed E-state index contributed by atoms with van der Waals surface area (Å²) in [4.78, 5) is 25.0. The van der Waals surface area contributed by atoms with E-state index in [-0.39, 0.29) is 6.04 Å². The molecule has 4 N–H and O–H groups in total. The van der Waals surface area contributed by atoms with E-state index in [2.05, 4.69) is 34.6 Å². The molecule has 2 rings (SSSR count). The zero-order valence-corrected chi connectivity index (χ0v) is 14.2. The van der Waals surface area contributed by atoms with E-state index in [0.717, 1.165) is 30.6 Å². The first kappa shape index (κ1) is 19.7. The molecule has 1 aromatic carbocycles. The van der Waals surface area contributed by atoms with Crippen LogP contribution in [0.15, 0.2) is 29.3 Å². The van der Waals surface area contributed by atoms with Crippen LogP contribution in [0, 0.1) is 0 Å². The first-order valence-corrected chi connectivity index (χ1v) is 7.59. The molecule has 1 aromatic rings. The summed E-state index contributed by atoms with van der Waals surface area (Å²) in [6.07, 6.45) is 0. The average Bonchev–Trinajstić information content (AvgIpc) is 2.97. The van der Waals surface area contributed by atoms with Gasteiger partial charge in [-0.05, 0) is 31.8 Å². The molecule has 0 saturated carbocycles. The molecule has 0 fully saturated rings. The van der Waals surface area contributed by atoms with E-state index in [1.807, 2.05) is 24.3 Å². The van der Waals surface area contributed by atoms with E-state index < -0.39 is 11.9 Å². The van der Waals surface area contributed by atoms with Gasteiger partial charge in [0.2, 0.25) is 0 Å². The van der Waals surface area contributed by atoms with Gasteiger partial charge in [-0.25, -0.2) is 14.6 Å². The number of nitrogens with one attached hydrogen (secondary N) is 2. The number of nitrogens with zero attached hydrogens (tertiary/aromatic N) is 2. The predicted octanol–water partition coefficient (Wildman–Crippen LogP) is 0.647. The zero-order valence-electron chi connectivity index (χ0n) is 13.5. The van der Waals surface area contributed by atoms with Crippen LogP contribution in [0.3, 0.4) is 0 Å². The largest absolute Gasteiger partial charge is 0.473 e. The molecule has 0 saturated heterocycles. The molecule has 0 spiro atoms. The van der Waals surface area contributed by atoms with Crippen molar-refractivity contribution in [2.24, 2.45) is 4.99 Å². The lowest BCUT2D eigenvalue weighted by atomic mass is 10.1. The fourth-order valence-electron chi connectivity index (χ4n) is 1.82. The molecule has 1 aliphatic heterocycles. The van der Waals surface area contributed by atoms with Crippen molar-refractivity contribution >= 4 is 29.5 Å². The molecular weight excluding hydrogens is 336 g/mol. The normalized spacial score (nSPS) is 15.8. The number of carbonyl (C=O) groups is 2. The maximum absolute atomic E-state index is 9.10. The summed E-state index contributed by atoms with van der Waals surface area (Å²) in [5.41, 5.74) is 1.19. The maximum Gasteiger partial charge on any atom is 0.414 e. The molecule has 0 bridgehead atoms. The predicted molar refractivity (Wildman–Crippen MR) is 91.5 cm³/mol. The lowest BCUT2D eigenvalue weighted by Crippen LogP contribution is -2.37. The van der Waals surface area contributed by atoms with Crippen molar-refractivity contribution < 1.29 is 19.8 Å². The Morgan fingerprint density at radius 1 is 1.29 bits per heavy atom. The van der Waals surface area contributed by atoms with Crippen molar-refractivity contribution in [3.05, 3.63) is 34.9 Å². The van der Waals surface area contributed by atoms with Crippen molar-refractivity contribution in [2.45, 2.75) is 6.04 Å². The first-order valence-electron chi connectivity index (χ1n) is 7.21. The van der Waals surface area contributed by atoms with Gasteiger partial charge >= 0.3 is 11.9 Å². The molecule has 1 unspecified atom stereocenters. The van der Waals surface area contributed by atoms with Gasteiger partial charge in [0.1, 0.15) is 0 Å². The maximum atomic E-state index is 9.10. The van der Waals surface area contributed by atoms with Crippen molar-refractivity contribution in [2.75, 3.05) is 33.7 Å². The molecule has 0 radical (unpaired) electrons. The van der Waals surface area contributed by atoms with Crippen LogP contribution in [0.5, 0.6) is 0 Å². The molecule has 0 amide bonds. The number of carboxylic acids is 2. The summed E-state index contributed by atoms with van der Waals surface area (Å²) in [5, 5.41) is 22.1. The van der Waals surface area contributed by atoms with Gasteiger partial charge in [-0.2, -0.15) is 0 Å². The highest BCUT2D eigenvalue weighted by molar-refractivity contribution is 6.30. The van der Waals surface area contributed by atoms with Crippen molar-refractivity contribution in [3.63, 3.8) is 0 Å². The molecule has 0 aliphatic carbocycles. The van der Waals surface area contributed by atoms with E-state index in [0.29, 0.717) is 0 Å². The third kappa shape index (κ3) is 7.30. The number of likely N-dealkylation sites (N-methyl/N-ethyl adjacent to an activating group) is 1. The lowest BCUT2D eigenvalue weighted by molar-refractivity contribution is -0.159. The van der Waals surface area contributed by atoms with Gasteiger partial charge in [0.05, 0.1) is 6.04 Å². The minimum absolute atomic E-state index is 0.184. The Bertz CT molecular complexity index is 578. The molecule has 0 aromatic heterocycles. The van der Waals surface area contributed by atoms with Crippen LogP contribution in [-0.2, 0) is 9.59 Å². The fourth-order valence-corrected chi connectivity index (χ4v) is 1.95. The average molecular weight is 357 g/mol. The molecule has 1 atom stereocenters. The summed E-state index contributed by atoms with van der Waals surface area (Å²) in [7, 11) is 4.12. The van der Waals surface area contributed by atoms with Crippen molar-refractivity contribution in [1.82, 2.24) is 15.5 Å². The Labute approximate surface area is 145 Å². The number of guanidine groups is 1. The van der Waals surface area contributed by atoms with Crippen LogP contribution < -0.4 is 10.6 Å². The number of aliphatic imine (C=N–C) groups is 1. The van der Waals surface area contributed by atoms with Gasteiger partial charge in [-0.3, -0.25) is 0 Å². The highest BCUT2D eigenvalue weighted by Gasteiger charge is 2.17.